The van der Waals surface area contributed by atoms with Gasteiger partial charge in [-0.05, 0) is 24.1 Å². The van der Waals surface area contributed by atoms with E-state index in [2.05, 4.69) is 4.98 Å². The topological polar surface area (TPSA) is 72.2 Å². The number of rotatable bonds is 4. The van der Waals surface area contributed by atoms with Crippen LogP contribution in [0.3, 0.4) is 0 Å². The Hall–Kier alpha value is -2.43. The summed E-state index contributed by atoms with van der Waals surface area (Å²) >= 11 is 0. The minimum Gasteiger partial charge on any atom is -0.478 e. The van der Waals surface area contributed by atoms with Crippen molar-refractivity contribution >= 4 is 5.97 Å². The lowest BCUT2D eigenvalue weighted by molar-refractivity contribution is 0.0696. The molecule has 0 saturated carbocycles. The van der Waals surface area contributed by atoms with Gasteiger partial charge in [-0.1, -0.05) is 19.1 Å². The number of benzene rings is 1. The summed E-state index contributed by atoms with van der Waals surface area (Å²) in [6.45, 7) is 2.25. The molecule has 98 valence electrons. The van der Waals surface area contributed by atoms with E-state index >= 15 is 0 Å². The average Bonchev–Trinajstić information content (AvgIpc) is 2.41. The molecule has 5 nitrogen and oxygen atoms in total. The molecular weight excluding hydrogens is 244 g/mol. The standard InChI is InChI=1S/C14H14N2O3/c1-2-12-7-13(17)16(9-15-12)8-10-4-3-5-11(6-10)14(18)19/h3-7,9H,2,8H2,1H3,(H,18,19). The minimum absolute atomic E-state index is 0.132. The molecule has 2 rings (SSSR count). The lowest BCUT2D eigenvalue weighted by Gasteiger charge is -2.06. The summed E-state index contributed by atoms with van der Waals surface area (Å²) in [6, 6.07) is 8.03. The molecule has 0 fully saturated rings. The first-order valence-corrected chi connectivity index (χ1v) is 5.97. The highest BCUT2D eigenvalue weighted by Crippen LogP contribution is 2.06. The molecule has 0 spiro atoms. The first-order valence-electron chi connectivity index (χ1n) is 5.97. The summed E-state index contributed by atoms with van der Waals surface area (Å²) in [5.74, 6) is -0.978. The van der Waals surface area contributed by atoms with Crippen LogP contribution in [0.25, 0.3) is 0 Å². The summed E-state index contributed by atoms with van der Waals surface area (Å²) < 4.78 is 1.46. The maximum absolute atomic E-state index is 11.8. The smallest absolute Gasteiger partial charge is 0.335 e. The van der Waals surface area contributed by atoms with Crippen molar-refractivity contribution in [3.63, 3.8) is 0 Å². The maximum atomic E-state index is 11.8. The molecule has 0 bridgehead atoms. The molecule has 0 atom stereocenters. The van der Waals surface area contributed by atoms with Gasteiger partial charge < -0.3 is 5.11 Å². The van der Waals surface area contributed by atoms with Crippen molar-refractivity contribution in [3.8, 4) is 0 Å². The molecule has 0 unspecified atom stereocenters. The number of hydrogen-bond donors (Lipinski definition) is 1. The first-order chi connectivity index (χ1) is 9.10. The van der Waals surface area contributed by atoms with E-state index in [1.807, 2.05) is 6.92 Å². The number of carboxylic acids is 1. The van der Waals surface area contributed by atoms with Gasteiger partial charge >= 0.3 is 5.97 Å². The average molecular weight is 258 g/mol. The van der Waals surface area contributed by atoms with Gasteiger partial charge in [-0.3, -0.25) is 9.36 Å². The fraction of sp³-hybridized carbons (Fsp3) is 0.214. The Morgan fingerprint density at radius 3 is 2.79 bits per heavy atom. The quantitative estimate of drug-likeness (QED) is 0.903. The second-order valence-electron chi connectivity index (χ2n) is 4.21. The maximum Gasteiger partial charge on any atom is 0.335 e. The van der Waals surface area contributed by atoms with Crippen molar-refractivity contribution < 1.29 is 9.90 Å². The zero-order valence-electron chi connectivity index (χ0n) is 10.5. The molecule has 2 aromatic rings. The van der Waals surface area contributed by atoms with Gasteiger partial charge in [-0.2, -0.15) is 0 Å². The number of aryl methyl sites for hydroxylation is 1. The number of hydrogen-bond acceptors (Lipinski definition) is 3. The zero-order chi connectivity index (χ0) is 13.8. The van der Waals surface area contributed by atoms with Crippen LogP contribution in [-0.2, 0) is 13.0 Å². The van der Waals surface area contributed by atoms with Crippen LogP contribution in [0.2, 0.25) is 0 Å². The van der Waals surface area contributed by atoms with Gasteiger partial charge in [-0.15, -0.1) is 0 Å². The van der Waals surface area contributed by atoms with Crippen LogP contribution < -0.4 is 5.56 Å². The van der Waals surface area contributed by atoms with Crippen LogP contribution in [0.1, 0.15) is 28.5 Å². The summed E-state index contributed by atoms with van der Waals surface area (Å²) in [6.07, 6.45) is 2.21. The van der Waals surface area contributed by atoms with E-state index in [1.165, 1.54) is 23.0 Å². The van der Waals surface area contributed by atoms with Gasteiger partial charge in [-0.25, -0.2) is 9.78 Å². The van der Waals surface area contributed by atoms with E-state index < -0.39 is 5.97 Å². The van der Waals surface area contributed by atoms with Gasteiger partial charge in [0.15, 0.2) is 0 Å². The zero-order valence-corrected chi connectivity index (χ0v) is 10.5. The van der Waals surface area contributed by atoms with Crippen LogP contribution in [-0.4, -0.2) is 20.6 Å². The Morgan fingerprint density at radius 1 is 1.37 bits per heavy atom. The van der Waals surface area contributed by atoms with Gasteiger partial charge in [0.2, 0.25) is 0 Å². The second kappa shape index (κ2) is 5.48. The fourth-order valence-corrected chi connectivity index (χ4v) is 1.77. The highest BCUT2D eigenvalue weighted by Gasteiger charge is 2.05. The van der Waals surface area contributed by atoms with Crippen LogP contribution in [0.15, 0.2) is 41.5 Å². The van der Waals surface area contributed by atoms with Gasteiger partial charge in [0, 0.05) is 11.8 Å². The summed E-state index contributed by atoms with van der Waals surface area (Å²) in [5.41, 5.74) is 1.59. The van der Waals surface area contributed by atoms with E-state index in [1.54, 1.807) is 18.2 Å². The molecule has 1 aromatic heterocycles. The van der Waals surface area contributed by atoms with E-state index in [0.717, 1.165) is 11.3 Å². The number of aromatic nitrogens is 2. The Bertz CT molecular complexity index is 662. The molecule has 0 aliphatic carbocycles. The predicted octanol–water partition coefficient (Wildman–Crippen LogP) is 1.55. The van der Waals surface area contributed by atoms with E-state index in [-0.39, 0.29) is 11.1 Å². The molecule has 0 saturated heterocycles. The number of carboxylic acid groups (broad SMARTS) is 1. The van der Waals surface area contributed by atoms with Crippen molar-refractivity contribution in [1.29, 1.82) is 0 Å². The number of nitrogens with zero attached hydrogens (tertiary/aromatic N) is 2. The van der Waals surface area contributed by atoms with Crippen molar-refractivity contribution in [3.05, 3.63) is 63.8 Å². The highest BCUT2D eigenvalue weighted by atomic mass is 16.4. The third-order valence-electron chi connectivity index (χ3n) is 2.83. The fourth-order valence-electron chi connectivity index (χ4n) is 1.77. The van der Waals surface area contributed by atoms with Crippen LogP contribution in [0.4, 0.5) is 0 Å². The monoisotopic (exact) mass is 258 g/mol. The predicted molar refractivity (Wildman–Crippen MR) is 70.4 cm³/mol. The molecule has 1 N–H and O–H groups in total. The lowest BCUT2D eigenvalue weighted by Crippen LogP contribution is -2.21. The van der Waals surface area contributed by atoms with Crippen molar-refractivity contribution in [2.24, 2.45) is 0 Å². The largest absolute Gasteiger partial charge is 0.478 e. The van der Waals surface area contributed by atoms with E-state index in [9.17, 15) is 9.59 Å². The SMILES string of the molecule is CCc1cc(=O)n(Cc2cccc(C(=O)O)c2)cn1. The van der Waals surface area contributed by atoms with Crippen molar-refractivity contribution in [1.82, 2.24) is 9.55 Å². The molecule has 0 aliphatic rings. The molecule has 5 heteroatoms. The summed E-state index contributed by atoms with van der Waals surface area (Å²) in [7, 11) is 0. The van der Waals surface area contributed by atoms with Crippen molar-refractivity contribution in [2.45, 2.75) is 19.9 Å². The Morgan fingerprint density at radius 2 is 2.16 bits per heavy atom. The summed E-state index contributed by atoms with van der Waals surface area (Å²) in [4.78, 5) is 26.9. The molecule has 19 heavy (non-hydrogen) atoms. The molecule has 1 aromatic carbocycles. The molecular formula is C14H14N2O3. The molecule has 0 radical (unpaired) electrons. The minimum atomic E-state index is -0.978. The van der Waals surface area contributed by atoms with Gasteiger partial charge in [0.05, 0.1) is 18.4 Å². The van der Waals surface area contributed by atoms with E-state index in [4.69, 9.17) is 5.11 Å². The normalized spacial score (nSPS) is 10.4. The lowest BCUT2D eigenvalue weighted by atomic mass is 10.1. The number of aromatic carboxylic acids is 1. The molecule has 0 amide bonds. The Kier molecular flexibility index (Phi) is 3.75. The van der Waals surface area contributed by atoms with Crippen LogP contribution in [0, 0.1) is 0 Å². The Balaban J connectivity index is 2.28. The van der Waals surface area contributed by atoms with Gasteiger partial charge in [0.25, 0.3) is 5.56 Å². The molecule has 0 aliphatic heterocycles. The second-order valence-corrected chi connectivity index (χ2v) is 4.21. The third-order valence-corrected chi connectivity index (χ3v) is 2.83. The third kappa shape index (κ3) is 3.07. The molecule has 1 heterocycles. The highest BCUT2D eigenvalue weighted by molar-refractivity contribution is 5.87. The van der Waals surface area contributed by atoms with Gasteiger partial charge in [0.1, 0.15) is 0 Å². The van der Waals surface area contributed by atoms with E-state index in [0.29, 0.717) is 13.0 Å². The Labute approximate surface area is 110 Å². The van der Waals surface area contributed by atoms with Crippen molar-refractivity contribution in [2.75, 3.05) is 0 Å². The summed E-state index contributed by atoms with van der Waals surface area (Å²) in [5, 5.41) is 8.92. The van der Waals surface area contributed by atoms with Crippen LogP contribution >= 0.6 is 0 Å². The first kappa shape index (κ1) is 13.0. The number of carbonyl (C=O) groups is 1. The van der Waals surface area contributed by atoms with Crippen LogP contribution in [0.5, 0.6) is 0 Å².